The van der Waals surface area contributed by atoms with Gasteiger partial charge in [0.15, 0.2) is 11.5 Å². The normalized spacial score (nSPS) is 16.2. The van der Waals surface area contributed by atoms with E-state index in [0.717, 1.165) is 24.2 Å². The Morgan fingerprint density at radius 2 is 1.68 bits per heavy atom. The first-order valence-corrected chi connectivity index (χ1v) is 7.40. The van der Waals surface area contributed by atoms with Gasteiger partial charge in [-0.05, 0) is 47.2 Å². The Hall–Kier alpha value is -2.36. The molecule has 0 spiro atoms. The smallest absolute Gasteiger partial charge is 0.161 e. The molecule has 0 N–H and O–H groups in total. The summed E-state index contributed by atoms with van der Waals surface area (Å²) in [6.07, 6.45) is 1.87. The summed E-state index contributed by atoms with van der Waals surface area (Å²) in [5, 5.41) is 3.17. The molecule has 4 nitrogen and oxygen atoms in total. The topological polar surface area (TPSA) is 47.9 Å². The summed E-state index contributed by atoms with van der Waals surface area (Å²) >= 11 is 0. The lowest BCUT2D eigenvalue weighted by Gasteiger charge is -2.19. The number of benzene rings is 2. The van der Waals surface area contributed by atoms with Crippen molar-refractivity contribution in [3.05, 3.63) is 63.6 Å². The van der Waals surface area contributed by atoms with Gasteiger partial charge in [0.05, 0.1) is 20.8 Å². The zero-order valence-electron chi connectivity index (χ0n) is 12.8. The molecule has 3 rings (SSSR count). The number of nitrogens with zero attached hydrogens (tertiary/aromatic N) is 1. The van der Waals surface area contributed by atoms with Gasteiger partial charge in [-0.15, -0.1) is 0 Å². The van der Waals surface area contributed by atoms with Crippen molar-refractivity contribution in [1.82, 2.24) is 0 Å². The number of ether oxygens (including phenoxy) is 2. The van der Waals surface area contributed by atoms with Gasteiger partial charge < -0.3 is 9.47 Å². The van der Waals surface area contributed by atoms with E-state index in [1.807, 2.05) is 24.3 Å². The SMILES string of the molecule is COc1cc2c(cc1OC)[C@@H](CN=O)c1ccccc1CC2. The second-order valence-corrected chi connectivity index (χ2v) is 5.47. The predicted octanol–water partition coefficient (Wildman–Crippen LogP) is 3.70. The van der Waals surface area contributed by atoms with Crippen molar-refractivity contribution in [3.63, 3.8) is 0 Å². The molecule has 0 radical (unpaired) electrons. The molecule has 4 heteroatoms. The standard InChI is InChI=1S/C18H19NO3/c1-21-17-9-13-8-7-12-5-3-4-6-14(12)16(11-19-20)15(13)10-18(17)22-2/h3-6,9-10,16H,7-8,11H2,1-2H3/t16-/m0/s1. The van der Waals surface area contributed by atoms with E-state index in [4.69, 9.17) is 9.47 Å². The molecular weight excluding hydrogens is 278 g/mol. The number of hydrogen-bond acceptors (Lipinski definition) is 4. The lowest BCUT2D eigenvalue weighted by atomic mass is 9.88. The van der Waals surface area contributed by atoms with E-state index >= 15 is 0 Å². The largest absolute Gasteiger partial charge is 0.493 e. The summed E-state index contributed by atoms with van der Waals surface area (Å²) < 4.78 is 10.8. The fraction of sp³-hybridized carbons (Fsp3) is 0.333. The van der Waals surface area contributed by atoms with Crippen molar-refractivity contribution < 1.29 is 9.47 Å². The highest BCUT2D eigenvalue weighted by atomic mass is 16.5. The van der Waals surface area contributed by atoms with Crippen molar-refractivity contribution in [1.29, 1.82) is 0 Å². The summed E-state index contributed by atoms with van der Waals surface area (Å²) in [6.45, 7) is 0.236. The Balaban J connectivity index is 2.19. The number of methoxy groups -OCH3 is 2. The number of nitroso groups, excluding NO2 is 1. The second kappa shape index (κ2) is 6.18. The molecule has 22 heavy (non-hydrogen) atoms. The lowest BCUT2D eigenvalue weighted by molar-refractivity contribution is 0.354. The number of aryl methyl sites for hydroxylation is 2. The highest BCUT2D eigenvalue weighted by Gasteiger charge is 2.25. The first kappa shape index (κ1) is 14.6. The first-order valence-electron chi connectivity index (χ1n) is 7.40. The van der Waals surface area contributed by atoms with Gasteiger partial charge in [0.25, 0.3) is 0 Å². The minimum absolute atomic E-state index is 0.0222. The highest BCUT2D eigenvalue weighted by Crippen LogP contribution is 2.40. The Bertz CT molecular complexity index is 697. The van der Waals surface area contributed by atoms with Gasteiger partial charge in [-0.2, -0.15) is 4.91 Å². The molecule has 0 bridgehead atoms. The van der Waals surface area contributed by atoms with Gasteiger partial charge in [0.1, 0.15) is 0 Å². The summed E-state index contributed by atoms with van der Waals surface area (Å²) in [7, 11) is 3.27. The van der Waals surface area contributed by atoms with E-state index in [9.17, 15) is 4.91 Å². The number of rotatable bonds is 4. The second-order valence-electron chi connectivity index (χ2n) is 5.47. The van der Waals surface area contributed by atoms with Crippen LogP contribution in [0.5, 0.6) is 11.5 Å². The lowest BCUT2D eigenvalue weighted by Crippen LogP contribution is -2.08. The average Bonchev–Trinajstić information content (AvgIpc) is 2.71. The van der Waals surface area contributed by atoms with Gasteiger partial charge in [-0.25, -0.2) is 0 Å². The first-order chi connectivity index (χ1) is 10.8. The van der Waals surface area contributed by atoms with Crippen molar-refractivity contribution in [3.8, 4) is 11.5 Å². The Morgan fingerprint density at radius 3 is 2.41 bits per heavy atom. The van der Waals surface area contributed by atoms with Crippen molar-refractivity contribution in [2.75, 3.05) is 20.8 Å². The number of fused-ring (bicyclic) bond motifs is 2. The maximum absolute atomic E-state index is 11.0. The Morgan fingerprint density at radius 1 is 1.00 bits per heavy atom. The molecule has 0 saturated carbocycles. The minimum atomic E-state index is -0.0222. The molecule has 0 amide bonds. The molecule has 2 aromatic rings. The third kappa shape index (κ3) is 2.45. The van der Waals surface area contributed by atoms with Gasteiger partial charge in [-0.1, -0.05) is 29.4 Å². The van der Waals surface area contributed by atoms with Crippen LogP contribution in [-0.2, 0) is 12.8 Å². The quantitative estimate of drug-likeness (QED) is 0.808. The van der Waals surface area contributed by atoms with E-state index < -0.39 is 0 Å². The molecular formula is C18H19NO3. The predicted molar refractivity (Wildman–Crippen MR) is 85.9 cm³/mol. The Labute approximate surface area is 130 Å². The van der Waals surface area contributed by atoms with E-state index in [1.54, 1.807) is 14.2 Å². The summed E-state index contributed by atoms with van der Waals surface area (Å²) in [5.74, 6) is 1.40. The molecule has 0 aliphatic heterocycles. The maximum Gasteiger partial charge on any atom is 0.161 e. The van der Waals surface area contributed by atoms with Crippen LogP contribution in [-0.4, -0.2) is 20.8 Å². The summed E-state index contributed by atoms with van der Waals surface area (Å²) in [5.41, 5.74) is 4.78. The van der Waals surface area contributed by atoms with Crippen LogP contribution in [0.2, 0.25) is 0 Å². The fourth-order valence-corrected chi connectivity index (χ4v) is 3.29. The van der Waals surface area contributed by atoms with Crippen LogP contribution in [0.3, 0.4) is 0 Å². The van der Waals surface area contributed by atoms with Crippen LogP contribution < -0.4 is 9.47 Å². The molecule has 1 aliphatic carbocycles. The third-order valence-corrected chi connectivity index (χ3v) is 4.37. The zero-order valence-corrected chi connectivity index (χ0v) is 12.8. The molecule has 0 fully saturated rings. The summed E-state index contributed by atoms with van der Waals surface area (Å²) in [4.78, 5) is 11.0. The monoisotopic (exact) mass is 297 g/mol. The zero-order chi connectivity index (χ0) is 15.5. The molecule has 0 saturated heterocycles. The van der Waals surface area contributed by atoms with Gasteiger partial charge in [-0.3, -0.25) is 0 Å². The minimum Gasteiger partial charge on any atom is -0.493 e. The highest BCUT2D eigenvalue weighted by molar-refractivity contribution is 5.53. The van der Waals surface area contributed by atoms with Crippen molar-refractivity contribution in [2.45, 2.75) is 18.8 Å². The van der Waals surface area contributed by atoms with E-state index in [2.05, 4.69) is 17.3 Å². The molecule has 2 aromatic carbocycles. The van der Waals surface area contributed by atoms with Crippen molar-refractivity contribution in [2.24, 2.45) is 5.18 Å². The van der Waals surface area contributed by atoms with Crippen LogP contribution >= 0.6 is 0 Å². The van der Waals surface area contributed by atoms with Gasteiger partial charge in [0.2, 0.25) is 0 Å². The van der Waals surface area contributed by atoms with Crippen molar-refractivity contribution >= 4 is 0 Å². The van der Waals surface area contributed by atoms with Crippen LogP contribution in [0, 0.1) is 4.91 Å². The van der Waals surface area contributed by atoms with E-state index in [1.165, 1.54) is 16.7 Å². The van der Waals surface area contributed by atoms with Crippen LogP contribution in [0.25, 0.3) is 0 Å². The average molecular weight is 297 g/mol. The molecule has 114 valence electrons. The van der Waals surface area contributed by atoms with Gasteiger partial charge in [0, 0.05) is 5.92 Å². The fourth-order valence-electron chi connectivity index (χ4n) is 3.29. The molecule has 1 aliphatic rings. The Kier molecular flexibility index (Phi) is 4.09. The molecule has 1 atom stereocenters. The van der Waals surface area contributed by atoms with Crippen LogP contribution in [0.1, 0.15) is 28.2 Å². The molecule has 0 heterocycles. The van der Waals surface area contributed by atoms with Gasteiger partial charge >= 0.3 is 0 Å². The molecule has 0 aromatic heterocycles. The third-order valence-electron chi connectivity index (χ3n) is 4.37. The van der Waals surface area contributed by atoms with E-state index in [-0.39, 0.29) is 12.5 Å². The van der Waals surface area contributed by atoms with Crippen LogP contribution in [0.4, 0.5) is 0 Å². The van der Waals surface area contributed by atoms with Crippen LogP contribution in [0.15, 0.2) is 41.6 Å². The molecule has 0 unspecified atom stereocenters. The van der Waals surface area contributed by atoms with E-state index in [0.29, 0.717) is 5.75 Å². The maximum atomic E-state index is 11.0. The number of hydrogen-bond donors (Lipinski definition) is 0. The summed E-state index contributed by atoms with van der Waals surface area (Å²) in [6, 6.07) is 12.3.